The van der Waals surface area contributed by atoms with E-state index in [1.54, 1.807) is 24.4 Å². The summed E-state index contributed by atoms with van der Waals surface area (Å²) in [6.07, 6.45) is 5.21. The van der Waals surface area contributed by atoms with Gasteiger partial charge in [-0.1, -0.05) is 30.3 Å². The summed E-state index contributed by atoms with van der Waals surface area (Å²) in [6, 6.07) is 18.2. The molecular formula is C21H19N5O2. The smallest absolute Gasteiger partial charge is 0.275 e. The summed E-state index contributed by atoms with van der Waals surface area (Å²) < 4.78 is 1.86. The highest BCUT2D eigenvalue weighted by Crippen LogP contribution is 2.10. The topological polar surface area (TPSA) is 102 Å². The SMILES string of the molecule is Cc1ccc2nc(C(=O)Nc3ccccc3)cn2c1.NC(=O)c1ccccn1. The number of primary amides is 1. The average molecular weight is 373 g/mol. The Morgan fingerprint density at radius 1 is 0.929 bits per heavy atom. The van der Waals surface area contributed by atoms with Gasteiger partial charge in [0, 0.05) is 24.3 Å². The van der Waals surface area contributed by atoms with E-state index in [4.69, 9.17) is 5.73 Å². The van der Waals surface area contributed by atoms with E-state index in [2.05, 4.69) is 15.3 Å². The van der Waals surface area contributed by atoms with Gasteiger partial charge in [0.1, 0.15) is 17.0 Å². The summed E-state index contributed by atoms with van der Waals surface area (Å²) in [6.45, 7) is 2.00. The van der Waals surface area contributed by atoms with Crippen molar-refractivity contribution in [2.45, 2.75) is 6.92 Å². The number of pyridine rings is 2. The van der Waals surface area contributed by atoms with E-state index < -0.39 is 5.91 Å². The Morgan fingerprint density at radius 3 is 2.32 bits per heavy atom. The van der Waals surface area contributed by atoms with Crippen LogP contribution in [0.2, 0.25) is 0 Å². The number of amides is 2. The zero-order valence-electron chi connectivity index (χ0n) is 15.2. The zero-order valence-corrected chi connectivity index (χ0v) is 15.2. The second kappa shape index (κ2) is 8.59. The Labute approximate surface area is 161 Å². The molecule has 0 fully saturated rings. The van der Waals surface area contributed by atoms with Gasteiger partial charge in [0.2, 0.25) is 0 Å². The van der Waals surface area contributed by atoms with E-state index >= 15 is 0 Å². The van der Waals surface area contributed by atoms with E-state index in [-0.39, 0.29) is 5.91 Å². The van der Waals surface area contributed by atoms with Crippen LogP contribution in [0, 0.1) is 6.92 Å². The van der Waals surface area contributed by atoms with Crippen molar-refractivity contribution in [3.63, 3.8) is 0 Å². The fourth-order valence-electron chi connectivity index (χ4n) is 2.44. The van der Waals surface area contributed by atoms with E-state index in [0.717, 1.165) is 16.9 Å². The number of rotatable bonds is 3. The maximum atomic E-state index is 12.1. The summed E-state index contributed by atoms with van der Waals surface area (Å²) in [5.74, 6) is -0.692. The molecule has 0 aliphatic rings. The molecule has 2 amide bonds. The van der Waals surface area contributed by atoms with Crippen molar-refractivity contribution in [1.82, 2.24) is 14.4 Å². The van der Waals surface area contributed by atoms with Crippen LogP contribution in [0.4, 0.5) is 5.69 Å². The van der Waals surface area contributed by atoms with E-state index in [9.17, 15) is 9.59 Å². The quantitative estimate of drug-likeness (QED) is 0.576. The predicted octanol–water partition coefficient (Wildman–Crippen LogP) is 3.08. The van der Waals surface area contributed by atoms with Crippen molar-refractivity contribution in [1.29, 1.82) is 0 Å². The molecule has 28 heavy (non-hydrogen) atoms. The molecule has 140 valence electrons. The van der Waals surface area contributed by atoms with Gasteiger partial charge >= 0.3 is 0 Å². The van der Waals surface area contributed by atoms with E-state index in [1.165, 1.54) is 6.20 Å². The van der Waals surface area contributed by atoms with Crippen LogP contribution in [-0.4, -0.2) is 26.2 Å². The first-order valence-corrected chi connectivity index (χ1v) is 8.55. The van der Waals surface area contributed by atoms with Crippen molar-refractivity contribution in [2.24, 2.45) is 5.73 Å². The molecule has 3 N–H and O–H groups in total. The molecular weight excluding hydrogens is 354 g/mol. The monoisotopic (exact) mass is 373 g/mol. The van der Waals surface area contributed by atoms with E-state index in [1.807, 2.05) is 60.0 Å². The number of hydrogen-bond acceptors (Lipinski definition) is 4. The fourth-order valence-corrected chi connectivity index (χ4v) is 2.44. The molecule has 0 unspecified atom stereocenters. The second-order valence-corrected chi connectivity index (χ2v) is 6.00. The minimum atomic E-state index is -0.490. The predicted molar refractivity (Wildman–Crippen MR) is 107 cm³/mol. The van der Waals surface area contributed by atoms with Crippen LogP contribution < -0.4 is 11.1 Å². The lowest BCUT2D eigenvalue weighted by Crippen LogP contribution is -2.12. The molecule has 4 rings (SSSR count). The van der Waals surface area contributed by atoms with Crippen molar-refractivity contribution in [2.75, 3.05) is 5.32 Å². The maximum absolute atomic E-state index is 12.1. The number of fused-ring (bicyclic) bond motifs is 1. The number of benzene rings is 1. The molecule has 0 aliphatic carbocycles. The number of nitrogens with two attached hydrogens (primary N) is 1. The Hall–Kier alpha value is -4.00. The van der Waals surface area contributed by atoms with Gasteiger partial charge in [-0.25, -0.2) is 4.98 Å². The molecule has 1 aromatic carbocycles. The number of carbonyl (C=O) groups is 2. The van der Waals surface area contributed by atoms with Crippen molar-refractivity contribution < 1.29 is 9.59 Å². The fraction of sp³-hybridized carbons (Fsp3) is 0.0476. The molecule has 0 aliphatic heterocycles. The van der Waals surface area contributed by atoms with Gasteiger partial charge in [0.25, 0.3) is 11.8 Å². The third kappa shape index (κ3) is 4.79. The molecule has 7 nitrogen and oxygen atoms in total. The highest BCUT2D eigenvalue weighted by molar-refractivity contribution is 6.03. The minimum absolute atomic E-state index is 0.201. The lowest BCUT2D eigenvalue weighted by molar-refractivity contribution is 0.0993. The number of hydrogen-bond donors (Lipinski definition) is 2. The molecule has 4 aromatic rings. The Kier molecular flexibility index (Phi) is 5.76. The largest absolute Gasteiger partial charge is 0.364 e. The summed E-state index contributed by atoms with van der Waals surface area (Å²) in [7, 11) is 0. The van der Waals surface area contributed by atoms with Crippen LogP contribution in [0.5, 0.6) is 0 Å². The Balaban J connectivity index is 0.000000211. The van der Waals surface area contributed by atoms with Crippen LogP contribution >= 0.6 is 0 Å². The van der Waals surface area contributed by atoms with Gasteiger partial charge in [-0.3, -0.25) is 14.6 Å². The normalized spacial score (nSPS) is 10.0. The number of para-hydroxylation sites is 1. The standard InChI is InChI=1S/C15H13N3O.C6H6N2O/c1-11-7-8-14-17-13(10-18(14)9-11)15(19)16-12-5-3-2-4-6-12;7-6(9)5-3-1-2-4-8-5/h2-10H,1H3,(H,16,19);1-4H,(H2,7,9). The van der Waals surface area contributed by atoms with Crippen molar-refractivity contribution >= 4 is 23.1 Å². The highest BCUT2D eigenvalue weighted by Gasteiger charge is 2.10. The molecule has 7 heteroatoms. The number of nitrogens with zero attached hydrogens (tertiary/aromatic N) is 3. The van der Waals surface area contributed by atoms with Gasteiger partial charge in [-0.15, -0.1) is 0 Å². The second-order valence-electron chi connectivity index (χ2n) is 6.00. The van der Waals surface area contributed by atoms with Crippen LogP contribution in [0.3, 0.4) is 0 Å². The third-order valence-electron chi connectivity index (χ3n) is 3.78. The minimum Gasteiger partial charge on any atom is -0.364 e. The molecule has 0 spiro atoms. The Bertz CT molecular complexity index is 1090. The number of imidazole rings is 1. The average Bonchev–Trinajstić information content (AvgIpc) is 3.13. The summed E-state index contributed by atoms with van der Waals surface area (Å²) in [5.41, 5.74) is 8.28. The number of aromatic nitrogens is 3. The highest BCUT2D eigenvalue weighted by atomic mass is 16.2. The van der Waals surface area contributed by atoms with Crippen LogP contribution in [0.15, 0.2) is 79.3 Å². The summed E-state index contributed by atoms with van der Waals surface area (Å²) >= 11 is 0. The maximum Gasteiger partial charge on any atom is 0.275 e. The van der Waals surface area contributed by atoms with Gasteiger partial charge in [-0.2, -0.15) is 0 Å². The third-order valence-corrected chi connectivity index (χ3v) is 3.78. The first-order chi connectivity index (χ1) is 13.5. The molecule has 0 atom stereocenters. The molecule has 0 saturated carbocycles. The first kappa shape index (κ1) is 18.8. The molecule has 3 aromatic heterocycles. The number of carbonyl (C=O) groups excluding carboxylic acids is 2. The van der Waals surface area contributed by atoms with E-state index in [0.29, 0.717) is 11.4 Å². The van der Waals surface area contributed by atoms with Gasteiger partial charge in [0.05, 0.1) is 0 Å². The first-order valence-electron chi connectivity index (χ1n) is 8.55. The number of aryl methyl sites for hydroxylation is 1. The lowest BCUT2D eigenvalue weighted by Gasteiger charge is -2.01. The van der Waals surface area contributed by atoms with Crippen molar-refractivity contribution in [3.8, 4) is 0 Å². The van der Waals surface area contributed by atoms with Gasteiger partial charge in [0.15, 0.2) is 0 Å². The number of anilines is 1. The molecule has 0 bridgehead atoms. The molecule has 0 radical (unpaired) electrons. The van der Waals surface area contributed by atoms with Crippen LogP contribution in [0.1, 0.15) is 26.5 Å². The molecule has 3 heterocycles. The molecule has 0 saturated heterocycles. The van der Waals surface area contributed by atoms with Gasteiger partial charge in [-0.05, 0) is 42.8 Å². The summed E-state index contributed by atoms with van der Waals surface area (Å²) in [5, 5.41) is 2.82. The lowest BCUT2D eigenvalue weighted by atomic mass is 10.3. The number of nitrogens with one attached hydrogen (secondary N) is 1. The van der Waals surface area contributed by atoms with Crippen molar-refractivity contribution in [3.05, 3.63) is 96.2 Å². The van der Waals surface area contributed by atoms with Crippen LogP contribution in [0.25, 0.3) is 5.65 Å². The zero-order chi connectivity index (χ0) is 19.9. The van der Waals surface area contributed by atoms with Gasteiger partial charge < -0.3 is 15.5 Å². The summed E-state index contributed by atoms with van der Waals surface area (Å²) in [4.78, 5) is 30.4. The Morgan fingerprint density at radius 2 is 1.68 bits per heavy atom. The van der Waals surface area contributed by atoms with Crippen LogP contribution in [-0.2, 0) is 0 Å².